The number of ether oxygens (including phenoxy) is 2. The van der Waals surface area contributed by atoms with Crippen molar-refractivity contribution in [3.05, 3.63) is 47.5 Å². The molecule has 7 nitrogen and oxygen atoms in total. The van der Waals surface area contributed by atoms with Crippen LogP contribution in [0.5, 0.6) is 11.5 Å². The zero-order valence-corrected chi connectivity index (χ0v) is 19.0. The Morgan fingerprint density at radius 1 is 0.933 bits per heavy atom. The van der Waals surface area contributed by atoms with Gasteiger partial charge in [0.2, 0.25) is 10.0 Å². The van der Waals surface area contributed by atoms with Gasteiger partial charge in [-0.2, -0.15) is 4.31 Å². The molecule has 0 unspecified atom stereocenters. The zero-order valence-electron chi connectivity index (χ0n) is 18.2. The molecule has 0 saturated carbocycles. The molecule has 8 heteroatoms. The van der Waals surface area contributed by atoms with Crippen molar-refractivity contribution in [2.24, 2.45) is 0 Å². The van der Waals surface area contributed by atoms with Crippen LogP contribution in [0.3, 0.4) is 0 Å². The van der Waals surface area contributed by atoms with E-state index in [9.17, 15) is 13.2 Å². The van der Waals surface area contributed by atoms with Crippen LogP contribution in [0.4, 0.5) is 5.69 Å². The molecular weight excluding hydrogens is 404 g/mol. The summed E-state index contributed by atoms with van der Waals surface area (Å²) in [6.45, 7) is 10.7. The van der Waals surface area contributed by atoms with Gasteiger partial charge in [-0.15, -0.1) is 0 Å². The molecule has 1 amide bonds. The lowest BCUT2D eigenvalue weighted by Gasteiger charge is -2.20. The summed E-state index contributed by atoms with van der Waals surface area (Å²) in [6.07, 6.45) is 0. The van der Waals surface area contributed by atoms with Crippen molar-refractivity contribution in [1.29, 1.82) is 0 Å². The van der Waals surface area contributed by atoms with Gasteiger partial charge in [0, 0.05) is 24.3 Å². The van der Waals surface area contributed by atoms with Crippen LogP contribution in [0.25, 0.3) is 0 Å². The van der Waals surface area contributed by atoms with Gasteiger partial charge in [-0.1, -0.05) is 19.9 Å². The Morgan fingerprint density at radius 2 is 1.57 bits per heavy atom. The third-order valence-electron chi connectivity index (χ3n) is 4.57. The summed E-state index contributed by atoms with van der Waals surface area (Å²) in [4.78, 5) is 13.0. The quantitative estimate of drug-likeness (QED) is 0.609. The van der Waals surface area contributed by atoms with Gasteiger partial charge in [-0.25, -0.2) is 8.42 Å². The minimum absolute atomic E-state index is 0.186. The maximum Gasteiger partial charge on any atom is 0.255 e. The summed E-state index contributed by atoms with van der Waals surface area (Å²) in [7, 11) is -3.64. The predicted molar refractivity (Wildman–Crippen MR) is 118 cm³/mol. The molecular formula is C22H30N2O5S. The number of aryl methyl sites for hydroxylation is 1. The number of nitrogens with one attached hydrogen (secondary N) is 1. The van der Waals surface area contributed by atoms with Gasteiger partial charge in [0.05, 0.1) is 18.1 Å². The average molecular weight is 435 g/mol. The molecule has 0 radical (unpaired) electrons. The summed E-state index contributed by atoms with van der Waals surface area (Å²) in [5.41, 5.74) is 1.42. The minimum Gasteiger partial charge on any atom is -0.490 e. The second-order valence-corrected chi connectivity index (χ2v) is 8.46. The van der Waals surface area contributed by atoms with Crippen molar-refractivity contribution in [3.63, 3.8) is 0 Å². The van der Waals surface area contributed by atoms with E-state index in [1.165, 1.54) is 10.4 Å². The van der Waals surface area contributed by atoms with E-state index in [4.69, 9.17) is 9.47 Å². The number of nitrogens with zero attached hydrogens (tertiary/aromatic N) is 1. The SMILES string of the molecule is CCOc1ccc(C(=O)Nc2ccc(C)c(S(=O)(=O)N(CC)CC)c2)cc1OCC. The number of benzene rings is 2. The number of hydrogen-bond donors (Lipinski definition) is 1. The van der Waals surface area contributed by atoms with Crippen molar-refractivity contribution >= 4 is 21.6 Å². The van der Waals surface area contributed by atoms with E-state index in [-0.39, 0.29) is 10.8 Å². The van der Waals surface area contributed by atoms with Gasteiger partial charge >= 0.3 is 0 Å². The van der Waals surface area contributed by atoms with E-state index < -0.39 is 10.0 Å². The van der Waals surface area contributed by atoms with Crippen LogP contribution in [0.1, 0.15) is 43.6 Å². The molecule has 0 bridgehead atoms. The molecule has 0 atom stereocenters. The van der Waals surface area contributed by atoms with Crippen LogP contribution in [0.15, 0.2) is 41.3 Å². The molecule has 0 aliphatic rings. The highest BCUT2D eigenvalue weighted by Crippen LogP contribution is 2.29. The molecule has 30 heavy (non-hydrogen) atoms. The van der Waals surface area contributed by atoms with E-state index in [2.05, 4.69) is 5.32 Å². The fourth-order valence-electron chi connectivity index (χ4n) is 3.05. The van der Waals surface area contributed by atoms with Crippen molar-refractivity contribution in [1.82, 2.24) is 4.31 Å². The van der Waals surface area contributed by atoms with E-state index >= 15 is 0 Å². The number of carbonyl (C=O) groups is 1. The first-order valence-electron chi connectivity index (χ1n) is 10.1. The molecule has 0 aliphatic heterocycles. The van der Waals surface area contributed by atoms with Crippen molar-refractivity contribution in [2.75, 3.05) is 31.6 Å². The maximum atomic E-state index is 12.9. The molecule has 0 spiro atoms. The summed E-state index contributed by atoms with van der Waals surface area (Å²) in [5, 5.41) is 2.78. The van der Waals surface area contributed by atoms with E-state index in [0.29, 0.717) is 54.6 Å². The zero-order chi connectivity index (χ0) is 22.3. The molecule has 0 heterocycles. The number of rotatable bonds is 10. The Kier molecular flexibility index (Phi) is 8.25. The van der Waals surface area contributed by atoms with Gasteiger partial charge < -0.3 is 14.8 Å². The monoisotopic (exact) mass is 434 g/mol. The van der Waals surface area contributed by atoms with E-state index in [1.54, 1.807) is 51.1 Å². The highest BCUT2D eigenvalue weighted by atomic mass is 32.2. The second kappa shape index (κ2) is 10.4. The summed E-state index contributed by atoms with van der Waals surface area (Å²) in [6, 6.07) is 9.83. The summed E-state index contributed by atoms with van der Waals surface area (Å²) >= 11 is 0. The molecule has 0 aromatic heterocycles. The Hall–Kier alpha value is -2.58. The lowest BCUT2D eigenvalue weighted by molar-refractivity contribution is 0.102. The smallest absolute Gasteiger partial charge is 0.255 e. The van der Waals surface area contributed by atoms with Crippen LogP contribution in [-0.4, -0.2) is 44.9 Å². The van der Waals surface area contributed by atoms with Crippen molar-refractivity contribution < 1.29 is 22.7 Å². The third-order valence-corrected chi connectivity index (χ3v) is 6.77. The lowest BCUT2D eigenvalue weighted by Crippen LogP contribution is -2.31. The highest BCUT2D eigenvalue weighted by Gasteiger charge is 2.24. The molecule has 0 aliphatic carbocycles. The lowest BCUT2D eigenvalue weighted by atomic mass is 10.1. The Morgan fingerprint density at radius 3 is 2.17 bits per heavy atom. The molecule has 2 aromatic rings. The molecule has 0 saturated heterocycles. The molecule has 2 rings (SSSR count). The predicted octanol–water partition coefficient (Wildman–Crippen LogP) is 4.08. The van der Waals surface area contributed by atoms with Gasteiger partial charge in [0.15, 0.2) is 11.5 Å². The van der Waals surface area contributed by atoms with Gasteiger partial charge in [-0.05, 0) is 56.7 Å². The first-order chi connectivity index (χ1) is 14.3. The number of sulfonamides is 1. The minimum atomic E-state index is -3.64. The van der Waals surface area contributed by atoms with Gasteiger partial charge in [0.25, 0.3) is 5.91 Å². The van der Waals surface area contributed by atoms with Crippen LogP contribution < -0.4 is 14.8 Å². The Balaban J connectivity index is 2.33. The maximum absolute atomic E-state index is 12.9. The number of amides is 1. The van der Waals surface area contributed by atoms with Crippen LogP contribution in [0, 0.1) is 6.92 Å². The molecule has 1 N–H and O–H groups in total. The van der Waals surface area contributed by atoms with Gasteiger partial charge in [0.1, 0.15) is 0 Å². The molecule has 2 aromatic carbocycles. The fourth-order valence-corrected chi connectivity index (χ4v) is 4.76. The largest absolute Gasteiger partial charge is 0.490 e. The van der Waals surface area contributed by atoms with Crippen LogP contribution >= 0.6 is 0 Å². The average Bonchev–Trinajstić information content (AvgIpc) is 2.71. The first kappa shape index (κ1) is 23.7. The fraction of sp³-hybridized carbons (Fsp3) is 0.409. The number of anilines is 1. The highest BCUT2D eigenvalue weighted by molar-refractivity contribution is 7.89. The van der Waals surface area contributed by atoms with Crippen molar-refractivity contribution in [3.8, 4) is 11.5 Å². The van der Waals surface area contributed by atoms with Gasteiger partial charge in [-0.3, -0.25) is 4.79 Å². The summed E-state index contributed by atoms with van der Waals surface area (Å²) in [5.74, 6) is 0.689. The number of hydrogen-bond acceptors (Lipinski definition) is 5. The number of carbonyl (C=O) groups excluding carboxylic acids is 1. The van der Waals surface area contributed by atoms with E-state index in [0.717, 1.165) is 0 Å². The Bertz CT molecular complexity index is 985. The third kappa shape index (κ3) is 5.31. The second-order valence-electron chi connectivity index (χ2n) is 6.55. The van der Waals surface area contributed by atoms with Crippen molar-refractivity contribution in [2.45, 2.75) is 39.5 Å². The van der Waals surface area contributed by atoms with Crippen LogP contribution in [-0.2, 0) is 10.0 Å². The standard InChI is InChI=1S/C22H30N2O5S/c1-6-24(7-2)30(26,27)21-15-18(12-10-16(21)5)23-22(25)17-11-13-19(28-8-3)20(14-17)29-9-4/h10-15H,6-9H2,1-5H3,(H,23,25). The summed E-state index contributed by atoms with van der Waals surface area (Å²) < 4.78 is 38.3. The molecule has 0 fully saturated rings. The Labute approximate surface area is 179 Å². The molecule has 164 valence electrons. The normalized spacial score (nSPS) is 11.4. The van der Waals surface area contributed by atoms with E-state index in [1.807, 2.05) is 13.8 Å². The van der Waals surface area contributed by atoms with Crippen LogP contribution in [0.2, 0.25) is 0 Å². The first-order valence-corrected chi connectivity index (χ1v) is 11.5. The topological polar surface area (TPSA) is 84.9 Å².